The van der Waals surface area contributed by atoms with E-state index in [1.807, 2.05) is 13.0 Å². The number of benzene rings is 1. The van der Waals surface area contributed by atoms with Crippen LogP contribution in [-0.4, -0.2) is 68.1 Å². The molecule has 8 nitrogen and oxygen atoms in total. The van der Waals surface area contributed by atoms with E-state index in [-0.39, 0.29) is 36.9 Å². The van der Waals surface area contributed by atoms with Gasteiger partial charge in [0.2, 0.25) is 5.91 Å². The van der Waals surface area contributed by atoms with Crippen LogP contribution in [0.15, 0.2) is 29.3 Å². The summed E-state index contributed by atoms with van der Waals surface area (Å²) in [5, 5.41) is 9.12. The van der Waals surface area contributed by atoms with Crippen molar-refractivity contribution in [2.45, 2.75) is 25.8 Å². The molecular formula is C19H27FN6O2. The Kier molecular flexibility index (Phi) is 6.67. The molecule has 9 heteroatoms. The highest BCUT2D eigenvalue weighted by Gasteiger charge is 2.27. The van der Waals surface area contributed by atoms with Crippen LogP contribution >= 0.6 is 0 Å². The third kappa shape index (κ3) is 5.11. The highest BCUT2D eigenvalue weighted by Crippen LogP contribution is 2.20. The predicted octanol–water partition coefficient (Wildman–Crippen LogP) is 0.901. The van der Waals surface area contributed by atoms with Crippen molar-refractivity contribution in [3.05, 3.63) is 30.1 Å². The number of urea groups is 1. The van der Waals surface area contributed by atoms with Crippen LogP contribution in [0.1, 0.15) is 19.8 Å². The average Bonchev–Trinajstić information content (AvgIpc) is 3.01. The van der Waals surface area contributed by atoms with Gasteiger partial charge < -0.3 is 20.9 Å². The second-order valence-corrected chi connectivity index (χ2v) is 6.85. The number of nitrogens with one attached hydrogen (secondary N) is 3. The Labute approximate surface area is 164 Å². The van der Waals surface area contributed by atoms with Crippen LogP contribution in [0.4, 0.5) is 14.9 Å². The van der Waals surface area contributed by atoms with Crippen molar-refractivity contribution in [3.8, 4) is 0 Å². The van der Waals surface area contributed by atoms with E-state index in [4.69, 9.17) is 0 Å². The number of piperidine rings is 1. The number of hydrogen-bond acceptors (Lipinski definition) is 4. The number of halogens is 1. The van der Waals surface area contributed by atoms with E-state index < -0.39 is 0 Å². The van der Waals surface area contributed by atoms with E-state index >= 15 is 0 Å². The van der Waals surface area contributed by atoms with Crippen LogP contribution < -0.4 is 20.9 Å². The number of aliphatic imine (C=N–C) groups is 1. The molecule has 1 aromatic carbocycles. The lowest BCUT2D eigenvalue weighted by Crippen LogP contribution is -2.49. The number of nitrogens with zero attached hydrogens (tertiary/aromatic N) is 3. The smallest absolute Gasteiger partial charge is 0.324 e. The van der Waals surface area contributed by atoms with E-state index in [0.29, 0.717) is 12.5 Å². The van der Waals surface area contributed by atoms with E-state index in [0.717, 1.165) is 38.2 Å². The average molecular weight is 390 g/mol. The summed E-state index contributed by atoms with van der Waals surface area (Å²) in [7, 11) is 0. The summed E-state index contributed by atoms with van der Waals surface area (Å²) in [6.07, 6.45) is 1.82. The van der Waals surface area contributed by atoms with Crippen molar-refractivity contribution in [1.82, 2.24) is 20.9 Å². The fraction of sp³-hybridized carbons (Fsp3) is 0.526. The van der Waals surface area contributed by atoms with Gasteiger partial charge in [0.15, 0.2) is 5.96 Å². The largest absolute Gasteiger partial charge is 0.371 e. The molecule has 0 spiro atoms. The highest BCUT2D eigenvalue weighted by atomic mass is 19.1. The normalized spacial score (nSPS) is 18.4. The van der Waals surface area contributed by atoms with Gasteiger partial charge in [-0.3, -0.25) is 14.7 Å². The monoisotopic (exact) mass is 390 g/mol. The number of anilines is 1. The summed E-state index contributed by atoms with van der Waals surface area (Å²) in [6, 6.07) is 6.59. The van der Waals surface area contributed by atoms with Gasteiger partial charge in [-0.25, -0.2) is 9.18 Å². The first-order chi connectivity index (χ1) is 13.6. The number of guanidine groups is 1. The molecule has 0 aliphatic carbocycles. The molecule has 2 aliphatic heterocycles. The zero-order valence-electron chi connectivity index (χ0n) is 16.1. The lowest BCUT2D eigenvalue weighted by Gasteiger charge is -2.34. The summed E-state index contributed by atoms with van der Waals surface area (Å²) in [4.78, 5) is 31.0. The van der Waals surface area contributed by atoms with Crippen molar-refractivity contribution in [2.24, 2.45) is 4.99 Å². The summed E-state index contributed by atoms with van der Waals surface area (Å²) in [6.45, 7) is 5.05. The lowest BCUT2D eigenvalue weighted by atomic mass is 10.0. The van der Waals surface area contributed by atoms with E-state index in [2.05, 4.69) is 25.8 Å². The van der Waals surface area contributed by atoms with Gasteiger partial charge in [0, 0.05) is 31.4 Å². The number of imide groups is 1. The van der Waals surface area contributed by atoms with Crippen molar-refractivity contribution < 1.29 is 14.0 Å². The first kappa shape index (κ1) is 19.9. The van der Waals surface area contributed by atoms with Gasteiger partial charge in [0.25, 0.3) is 0 Å². The summed E-state index contributed by atoms with van der Waals surface area (Å²) in [5.74, 6) is 0.242. The standard InChI is InChI=1S/C19H27FN6O2/c1-2-21-18(22-8-11-26-17(27)13-23-19(26)28)24-15-6-9-25(10-7-15)16-5-3-4-14(20)12-16/h3-5,12,15H,2,6-11,13H2,1H3,(H,23,28)(H2,21,22,24). The van der Waals surface area contributed by atoms with Crippen LogP contribution in [0.3, 0.4) is 0 Å². The molecule has 3 amide bonds. The molecule has 0 atom stereocenters. The third-order valence-electron chi connectivity index (χ3n) is 4.88. The van der Waals surface area contributed by atoms with Crippen LogP contribution in [0.25, 0.3) is 0 Å². The molecule has 0 radical (unpaired) electrons. The first-order valence-corrected chi connectivity index (χ1v) is 9.70. The van der Waals surface area contributed by atoms with E-state index in [9.17, 15) is 14.0 Å². The Morgan fingerprint density at radius 1 is 1.32 bits per heavy atom. The second-order valence-electron chi connectivity index (χ2n) is 6.85. The van der Waals surface area contributed by atoms with E-state index in [1.54, 1.807) is 12.1 Å². The minimum absolute atomic E-state index is 0.0603. The molecule has 2 saturated heterocycles. The Morgan fingerprint density at radius 3 is 2.75 bits per heavy atom. The number of amides is 3. The maximum absolute atomic E-state index is 13.4. The fourth-order valence-corrected chi connectivity index (χ4v) is 3.41. The molecule has 3 N–H and O–H groups in total. The van der Waals surface area contributed by atoms with Gasteiger partial charge >= 0.3 is 6.03 Å². The summed E-state index contributed by atoms with van der Waals surface area (Å²) < 4.78 is 13.4. The minimum atomic E-state index is -0.358. The zero-order chi connectivity index (χ0) is 19.9. The molecule has 0 saturated carbocycles. The summed E-state index contributed by atoms with van der Waals surface area (Å²) in [5.41, 5.74) is 0.910. The van der Waals surface area contributed by atoms with Gasteiger partial charge in [-0.2, -0.15) is 0 Å². The van der Waals surface area contributed by atoms with E-state index in [1.165, 1.54) is 11.0 Å². The molecule has 0 bridgehead atoms. The van der Waals surface area contributed by atoms with Crippen molar-refractivity contribution in [1.29, 1.82) is 0 Å². The Morgan fingerprint density at radius 2 is 2.11 bits per heavy atom. The Bertz CT molecular complexity index is 717. The molecule has 1 aromatic rings. The quantitative estimate of drug-likeness (QED) is 0.382. The molecule has 152 valence electrons. The number of hydrogen-bond donors (Lipinski definition) is 3. The minimum Gasteiger partial charge on any atom is -0.371 e. The highest BCUT2D eigenvalue weighted by molar-refractivity contribution is 6.01. The topological polar surface area (TPSA) is 89.1 Å². The molecule has 3 rings (SSSR count). The number of carbonyl (C=O) groups is 2. The van der Waals surface area contributed by atoms with Crippen LogP contribution in [-0.2, 0) is 4.79 Å². The first-order valence-electron chi connectivity index (χ1n) is 9.70. The molecule has 0 unspecified atom stereocenters. The Hall–Kier alpha value is -2.84. The molecule has 0 aromatic heterocycles. The zero-order valence-corrected chi connectivity index (χ0v) is 16.1. The summed E-state index contributed by atoms with van der Waals surface area (Å²) >= 11 is 0. The maximum atomic E-state index is 13.4. The predicted molar refractivity (Wildman–Crippen MR) is 106 cm³/mol. The SMILES string of the molecule is CCNC(=NCCN1C(=O)CNC1=O)NC1CCN(c2cccc(F)c2)CC1. The van der Waals surface area contributed by atoms with Crippen LogP contribution in [0, 0.1) is 5.82 Å². The number of rotatable bonds is 6. The van der Waals surface area contributed by atoms with Gasteiger partial charge in [-0.1, -0.05) is 6.07 Å². The van der Waals surface area contributed by atoms with Crippen molar-refractivity contribution >= 4 is 23.6 Å². The molecular weight excluding hydrogens is 363 g/mol. The van der Waals surface area contributed by atoms with Crippen LogP contribution in [0.2, 0.25) is 0 Å². The molecule has 28 heavy (non-hydrogen) atoms. The molecule has 2 heterocycles. The van der Waals surface area contributed by atoms with Crippen molar-refractivity contribution in [3.63, 3.8) is 0 Å². The molecule has 2 fully saturated rings. The van der Waals surface area contributed by atoms with Crippen LogP contribution in [0.5, 0.6) is 0 Å². The van der Waals surface area contributed by atoms with Gasteiger partial charge in [-0.05, 0) is 38.0 Å². The number of carbonyl (C=O) groups excluding carboxylic acids is 2. The van der Waals surface area contributed by atoms with Gasteiger partial charge in [0.05, 0.1) is 19.6 Å². The van der Waals surface area contributed by atoms with Gasteiger partial charge in [-0.15, -0.1) is 0 Å². The Balaban J connectivity index is 1.49. The second kappa shape index (κ2) is 9.38. The van der Waals surface area contributed by atoms with Gasteiger partial charge in [0.1, 0.15) is 5.82 Å². The fourth-order valence-electron chi connectivity index (χ4n) is 3.41. The van der Waals surface area contributed by atoms with Crippen molar-refractivity contribution in [2.75, 3.05) is 44.2 Å². The maximum Gasteiger partial charge on any atom is 0.324 e. The lowest BCUT2D eigenvalue weighted by molar-refractivity contribution is -0.124. The third-order valence-corrected chi connectivity index (χ3v) is 4.88. The molecule has 2 aliphatic rings.